The van der Waals surface area contributed by atoms with E-state index in [9.17, 15) is 14.4 Å². The summed E-state index contributed by atoms with van der Waals surface area (Å²) in [5, 5.41) is 3.40. The molecule has 0 spiro atoms. The van der Waals surface area contributed by atoms with Gasteiger partial charge in [0, 0.05) is 25.0 Å². The monoisotopic (exact) mass is 602 g/mol. The van der Waals surface area contributed by atoms with Crippen LogP contribution in [0.3, 0.4) is 0 Å². The van der Waals surface area contributed by atoms with Gasteiger partial charge in [0.1, 0.15) is 13.2 Å². The van der Waals surface area contributed by atoms with Crippen LogP contribution in [0.1, 0.15) is 50.2 Å². The molecule has 0 bridgehead atoms. The van der Waals surface area contributed by atoms with Gasteiger partial charge in [0.25, 0.3) is 0 Å². The molecular formula is C34H42N4O6. The first-order chi connectivity index (χ1) is 21.3. The predicted molar refractivity (Wildman–Crippen MR) is 166 cm³/mol. The first-order valence-corrected chi connectivity index (χ1v) is 15.2. The number of carbonyl (C=O) groups excluding carboxylic acids is 3. The summed E-state index contributed by atoms with van der Waals surface area (Å²) >= 11 is 0. The average Bonchev–Trinajstić information content (AvgIpc) is 3.06. The molecule has 5 rings (SSSR count). The Morgan fingerprint density at radius 3 is 2.34 bits per heavy atom. The number of piperidine rings is 1. The number of hydrogen-bond acceptors (Lipinski definition) is 8. The molecular weight excluding hydrogens is 560 g/mol. The van der Waals surface area contributed by atoms with Crippen LogP contribution in [0.5, 0.6) is 11.5 Å². The van der Waals surface area contributed by atoms with Crippen molar-refractivity contribution in [2.24, 2.45) is 0 Å². The molecule has 1 N–H and O–H groups in total. The van der Waals surface area contributed by atoms with E-state index in [1.807, 2.05) is 62.4 Å². The van der Waals surface area contributed by atoms with Gasteiger partial charge in [0.05, 0.1) is 29.8 Å². The number of rotatable bonds is 11. The summed E-state index contributed by atoms with van der Waals surface area (Å²) < 4.78 is 16.9. The maximum atomic E-state index is 12.9. The molecule has 0 radical (unpaired) electrons. The number of nitrogens with zero attached hydrogens (tertiary/aromatic N) is 3. The van der Waals surface area contributed by atoms with Crippen LogP contribution in [0.4, 0.5) is 0 Å². The van der Waals surface area contributed by atoms with Gasteiger partial charge in [0.15, 0.2) is 11.5 Å². The number of amides is 2. The first-order valence-electron chi connectivity index (χ1n) is 15.2. The molecule has 1 fully saturated rings. The van der Waals surface area contributed by atoms with Crippen molar-refractivity contribution < 1.29 is 28.6 Å². The molecule has 44 heavy (non-hydrogen) atoms. The van der Waals surface area contributed by atoms with Crippen LogP contribution in [0, 0.1) is 0 Å². The van der Waals surface area contributed by atoms with Crippen LogP contribution >= 0.6 is 0 Å². The van der Waals surface area contributed by atoms with Crippen molar-refractivity contribution in [3.05, 3.63) is 82.4 Å². The standard InChI is InChI=1S/C34H42N4O6/c1-24-31(36(3)22-39)30(26-11-12-28-29(21-26)44-20-19-43-28)32(25(2)35-24)38(23-40)16-8-15-37-17-13-34(14-18-37,33(41)42-4)27-9-6-5-7-10-27/h5-7,9-12,21-23,30,35H,8,13-20H2,1-4H3. The third-order valence-corrected chi connectivity index (χ3v) is 9.05. The number of allylic oxidation sites excluding steroid dienone is 2. The minimum atomic E-state index is -0.640. The summed E-state index contributed by atoms with van der Waals surface area (Å²) in [7, 11) is 3.18. The minimum absolute atomic E-state index is 0.188. The van der Waals surface area contributed by atoms with Gasteiger partial charge < -0.3 is 34.2 Å². The Morgan fingerprint density at radius 1 is 1.00 bits per heavy atom. The molecule has 0 aliphatic carbocycles. The van der Waals surface area contributed by atoms with E-state index in [0.717, 1.165) is 72.8 Å². The highest BCUT2D eigenvalue weighted by atomic mass is 16.6. The molecule has 0 aromatic heterocycles. The summed E-state index contributed by atoms with van der Waals surface area (Å²) in [4.78, 5) is 43.3. The third kappa shape index (κ3) is 6.04. The lowest BCUT2D eigenvalue weighted by Crippen LogP contribution is -2.48. The molecule has 2 amide bonds. The molecule has 10 nitrogen and oxygen atoms in total. The smallest absolute Gasteiger partial charge is 0.316 e. The molecule has 234 valence electrons. The number of benzene rings is 2. The SMILES string of the molecule is COC(=O)C1(c2ccccc2)CCN(CCCN(C=O)C2=C(C)NC(C)=C(N(C)C=O)C2c2ccc3c(c2)OCCO3)CC1. The molecule has 3 aliphatic rings. The number of likely N-dealkylation sites (tertiary alicyclic amines) is 1. The Labute approximate surface area is 259 Å². The van der Waals surface area contributed by atoms with Crippen LogP contribution in [-0.4, -0.2) is 87.0 Å². The largest absolute Gasteiger partial charge is 0.486 e. The number of ether oxygens (including phenoxy) is 3. The number of esters is 1. The lowest BCUT2D eigenvalue weighted by molar-refractivity contribution is -0.149. The number of fused-ring (bicyclic) bond motifs is 1. The Kier molecular flexibility index (Phi) is 9.58. The van der Waals surface area contributed by atoms with E-state index in [4.69, 9.17) is 14.2 Å². The van der Waals surface area contributed by atoms with Crippen molar-refractivity contribution in [2.75, 3.05) is 53.6 Å². The summed E-state index contributed by atoms with van der Waals surface area (Å²) in [6.07, 6.45) is 3.75. The molecule has 2 aromatic carbocycles. The molecule has 2 aromatic rings. The Hall–Kier alpha value is -4.31. The number of hydrogen-bond donors (Lipinski definition) is 1. The fourth-order valence-electron chi connectivity index (χ4n) is 6.85. The van der Waals surface area contributed by atoms with Crippen LogP contribution in [0.25, 0.3) is 0 Å². The molecule has 3 aliphatic heterocycles. The molecule has 1 unspecified atom stereocenters. The van der Waals surface area contributed by atoms with Crippen molar-refractivity contribution in [3.8, 4) is 11.5 Å². The number of nitrogens with one attached hydrogen (secondary N) is 1. The zero-order chi connectivity index (χ0) is 31.3. The summed E-state index contributed by atoms with van der Waals surface area (Å²) in [5.74, 6) is 0.761. The Bertz CT molecular complexity index is 1430. The van der Waals surface area contributed by atoms with E-state index < -0.39 is 5.41 Å². The average molecular weight is 603 g/mol. The van der Waals surface area contributed by atoms with Crippen LogP contribution in [-0.2, 0) is 24.5 Å². The Morgan fingerprint density at radius 2 is 1.68 bits per heavy atom. The van der Waals surface area contributed by atoms with Crippen molar-refractivity contribution in [2.45, 2.75) is 44.4 Å². The summed E-state index contributed by atoms with van der Waals surface area (Å²) in [5.41, 5.74) is 4.50. The lowest BCUT2D eigenvalue weighted by Gasteiger charge is -2.41. The van der Waals surface area contributed by atoms with E-state index in [2.05, 4.69) is 10.2 Å². The van der Waals surface area contributed by atoms with Crippen molar-refractivity contribution in [1.82, 2.24) is 20.0 Å². The van der Waals surface area contributed by atoms with Gasteiger partial charge in [-0.15, -0.1) is 0 Å². The summed E-state index contributed by atoms with van der Waals surface area (Å²) in [6.45, 7) is 7.63. The highest BCUT2D eigenvalue weighted by molar-refractivity contribution is 5.83. The zero-order valence-electron chi connectivity index (χ0n) is 26.0. The van der Waals surface area contributed by atoms with E-state index in [0.29, 0.717) is 44.1 Å². The normalized spacial score (nSPS) is 19.6. The molecule has 3 heterocycles. The van der Waals surface area contributed by atoms with Crippen LogP contribution < -0.4 is 14.8 Å². The minimum Gasteiger partial charge on any atom is -0.486 e. The molecule has 1 atom stereocenters. The number of dihydropyridines is 1. The van der Waals surface area contributed by atoms with Gasteiger partial charge in [0.2, 0.25) is 12.8 Å². The number of carbonyl (C=O) groups is 3. The van der Waals surface area contributed by atoms with E-state index in [-0.39, 0.29) is 11.9 Å². The summed E-state index contributed by atoms with van der Waals surface area (Å²) in [6, 6.07) is 15.7. The maximum absolute atomic E-state index is 12.9. The fraction of sp³-hybridized carbons (Fsp3) is 0.441. The maximum Gasteiger partial charge on any atom is 0.316 e. The number of likely N-dealkylation sites (N-methyl/N-ethyl adjacent to an activating group) is 1. The molecule has 10 heteroatoms. The second-order valence-corrected chi connectivity index (χ2v) is 11.6. The first kappa shape index (κ1) is 31.1. The van der Waals surface area contributed by atoms with Gasteiger partial charge in [-0.3, -0.25) is 14.4 Å². The van der Waals surface area contributed by atoms with Crippen LogP contribution in [0.15, 0.2) is 71.3 Å². The third-order valence-electron chi connectivity index (χ3n) is 9.05. The highest BCUT2D eigenvalue weighted by Gasteiger charge is 2.44. The van der Waals surface area contributed by atoms with Gasteiger partial charge >= 0.3 is 5.97 Å². The van der Waals surface area contributed by atoms with Gasteiger partial charge in [-0.1, -0.05) is 36.4 Å². The fourth-order valence-corrected chi connectivity index (χ4v) is 6.85. The number of methoxy groups -OCH3 is 1. The molecule has 0 saturated carbocycles. The molecule has 1 saturated heterocycles. The highest BCUT2D eigenvalue weighted by Crippen LogP contribution is 2.43. The van der Waals surface area contributed by atoms with Crippen molar-refractivity contribution >= 4 is 18.8 Å². The topological polar surface area (TPSA) is 101 Å². The van der Waals surface area contributed by atoms with Crippen molar-refractivity contribution in [3.63, 3.8) is 0 Å². The quantitative estimate of drug-likeness (QED) is 0.307. The van der Waals surface area contributed by atoms with E-state index in [1.165, 1.54) is 7.11 Å². The lowest BCUT2D eigenvalue weighted by atomic mass is 9.72. The predicted octanol–water partition coefficient (Wildman–Crippen LogP) is 3.75. The van der Waals surface area contributed by atoms with Gasteiger partial charge in [-0.05, 0) is 76.0 Å². The van der Waals surface area contributed by atoms with Gasteiger partial charge in [-0.2, -0.15) is 0 Å². The van der Waals surface area contributed by atoms with Crippen LogP contribution in [0.2, 0.25) is 0 Å². The Balaban J connectivity index is 1.32. The van der Waals surface area contributed by atoms with Crippen molar-refractivity contribution in [1.29, 1.82) is 0 Å². The van der Waals surface area contributed by atoms with Gasteiger partial charge in [-0.25, -0.2) is 0 Å². The zero-order valence-corrected chi connectivity index (χ0v) is 26.0. The van der Waals surface area contributed by atoms with E-state index in [1.54, 1.807) is 16.8 Å². The second-order valence-electron chi connectivity index (χ2n) is 11.6. The van der Waals surface area contributed by atoms with E-state index >= 15 is 0 Å². The second kappa shape index (κ2) is 13.5.